The van der Waals surface area contributed by atoms with Crippen molar-refractivity contribution in [2.45, 2.75) is 31.4 Å². The van der Waals surface area contributed by atoms with Gasteiger partial charge in [-0.05, 0) is 55.0 Å². The number of nitrogens with zero attached hydrogens (tertiary/aromatic N) is 2. The number of aryl methyl sites for hydroxylation is 2. The van der Waals surface area contributed by atoms with Gasteiger partial charge in [0.2, 0.25) is 10.0 Å². The van der Waals surface area contributed by atoms with Crippen molar-refractivity contribution in [3.63, 3.8) is 0 Å². The second-order valence-corrected chi connectivity index (χ2v) is 10.5. The molecule has 7 heteroatoms. The maximum atomic E-state index is 13.1. The monoisotopic (exact) mass is 437 g/mol. The molecule has 5 rings (SSSR count). The van der Waals surface area contributed by atoms with Gasteiger partial charge in [-0.15, -0.1) is 0 Å². The predicted molar refractivity (Wildman–Crippen MR) is 121 cm³/mol. The lowest BCUT2D eigenvalue weighted by atomic mass is 9.95. The lowest BCUT2D eigenvalue weighted by Crippen LogP contribution is -2.50. The van der Waals surface area contributed by atoms with Crippen molar-refractivity contribution in [1.82, 2.24) is 14.2 Å². The van der Waals surface area contributed by atoms with Gasteiger partial charge in [0.05, 0.1) is 5.75 Å². The Hall–Kier alpha value is -2.64. The molecule has 1 saturated heterocycles. The second kappa shape index (κ2) is 8.13. The molecule has 0 atom stereocenters. The molecule has 0 bridgehead atoms. The fraction of sp³-hybridized carbons (Fsp3) is 0.375. The van der Waals surface area contributed by atoms with Crippen molar-refractivity contribution in [2.75, 3.05) is 26.2 Å². The Bertz CT molecular complexity index is 1210. The van der Waals surface area contributed by atoms with E-state index in [1.165, 1.54) is 28.4 Å². The van der Waals surface area contributed by atoms with Crippen LogP contribution in [0.3, 0.4) is 0 Å². The number of nitrogens with one attached hydrogen (secondary N) is 1. The smallest absolute Gasteiger partial charge is 0.253 e. The molecule has 2 heterocycles. The third-order valence-corrected chi connectivity index (χ3v) is 8.31. The van der Waals surface area contributed by atoms with E-state index in [-0.39, 0.29) is 11.7 Å². The zero-order valence-corrected chi connectivity index (χ0v) is 18.3. The maximum absolute atomic E-state index is 13.1. The Kier molecular flexibility index (Phi) is 5.32. The molecule has 0 radical (unpaired) electrons. The average molecular weight is 438 g/mol. The van der Waals surface area contributed by atoms with E-state index in [0.29, 0.717) is 31.7 Å². The van der Waals surface area contributed by atoms with Crippen LogP contribution >= 0.6 is 0 Å². The van der Waals surface area contributed by atoms with E-state index in [2.05, 4.69) is 4.98 Å². The second-order valence-electron chi connectivity index (χ2n) is 8.48. The summed E-state index contributed by atoms with van der Waals surface area (Å²) in [6, 6.07) is 15.1. The zero-order chi connectivity index (χ0) is 21.4. The number of H-pyrrole nitrogens is 1. The minimum Gasteiger partial charge on any atom is -0.358 e. The van der Waals surface area contributed by atoms with Gasteiger partial charge in [-0.2, -0.15) is 4.31 Å². The predicted octanol–water partition coefficient (Wildman–Crippen LogP) is 3.33. The Morgan fingerprint density at radius 3 is 2.45 bits per heavy atom. The number of sulfonamides is 1. The molecule has 1 aromatic heterocycles. The first-order valence-corrected chi connectivity index (χ1v) is 12.6. The Balaban J connectivity index is 1.28. The number of aromatic amines is 1. The number of amides is 1. The summed E-state index contributed by atoms with van der Waals surface area (Å²) in [5.41, 5.74) is 5.22. The van der Waals surface area contributed by atoms with Crippen LogP contribution in [0.1, 0.15) is 40.0 Å². The summed E-state index contributed by atoms with van der Waals surface area (Å²) in [6.07, 6.45) is 4.54. The number of benzene rings is 2. The van der Waals surface area contributed by atoms with Gasteiger partial charge in [-0.25, -0.2) is 8.42 Å². The van der Waals surface area contributed by atoms with Crippen LogP contribution in [-0.4, -0.2) is 54.7 Å². The molecule has 2 aromatic carbocycles. The van der Waals surface area contributed by atoms with E-state index in [0.717, 1.165) is 29.3 Å². The van der Waals surface area contributed by atoms with E-state index in [9.17, 15) is 13.2 Å². The zero-order valence-electron chi connectivity index (χ0n) is 17.5. The molecular formula is C24H27N3O3S. The summed E-state index contributed by atoms with van der Waals surface area (Å²) in [7, 11) is -3.39. The van der Waals surface area contributed by atoms with Crippen LogP contribution in [-0.2, 0) is 28.6 Å². The van der Waals surface area contributed by atoms with Crippen molar-refractivity contribution < 1.29 is 13.2 Å². The molecule has 3 aromatic rings. The van der Waals surface area contributed by atoms with Gasteiger partial charge in [-0.3, -0.25) is 4.79 Å². The number of aromatic nitrogens is 1. The highest BCUT2D eigenvalue weighted by Crippen LogP contribution is 2.30. The Morgan fingerprint density at radius 1 is 0.935 bits per heavy atom. The Labute approximate surface area is 182 Å². The van der Waals surface area contributed by atoms with Gasteiger partial charge in [0.15, 0.2) is 0 Å². The summed E-state index contributed by atoms with van der Waals surface area (Å²) in [6.45, 7) is 1.50. The van der Waals surface area contributed by atoms with Crippen LogP contribution in [0.4, 0.5) is 0 Å². The highest BCUT2D eigenvalue weighted by atomic mass is 32.2. The Morgan fingerprint density at radius 2 is 1.68 bits per heavy atom. The van der Waals surface area contributed by atoms with Crippen molar-refractivity contribution in [1.29, 1.82) is 0 Å². The highest BCUT2D eigenvalue weighted by Gasteiger charge is 2.29. The topological polar surface area (TPSA) is 73.5 Å². The van der Waals surface area contributed by atoms with Gasteiger partial charge in [0.25, 0.3) is 5.91 Å². The standard InChI is InChI=1S/C24H27N3O3S/c28-24(19-10-11-23-21(16-19)20-8-4-5-9-22(20)25-23)26-12-14-27(15-13-26)31(29,30)17-18-6-2-1-3-7-18/h1-3,6-7,10-11,16,25H,4-5,8-9,12-15,17H2. The molecule has 1 aliphatic heterocycles. The van der Waals surface area contributed by atoms with Crippen molar-refractivity contribution >= 4 is 26.8 Å². The molecule has 1 fully saturated rings. The van der Waals surface area contributed by atoms with E-state index >= 15 is 0 Å². The number of carbonyl (C=O) groups excluding carboxylic acids is 1. The third kappa shape index (κ3) is 4.00. The summed E-state index contributed by atoms with van der Waals surface area (Å²) in [4.78, 5) is 18.4. The number of piperazine rings is 1. The van der Waals surface area contributed by atoms with Crippen LogP contribution < -0.4 is 0 Å². The summed E-state index contributed by atoms with van der Waals surface area (Å²) >= 11 is 0. The maximum Gasteiger partial charge on any atom is 0.253 e. The minimum atomic E-state index is -3.39. The highest BCUT2D eigenvalue weighted by molar-refractivity contribution is 7.88. The average Bonchev–Trinajstić information content (AvgIpc) is 3.17. The summed E-state index contributed by atoms with van der Waals surface area (Å²) < 4.78 is 27.1. The molecule has 162 valence electrons. The summed E-state index contributed by atoms with van der Waals surface area (Å²) in [5, 5.41) is 1.16. The fourth-order valence-electron chi connectivity index (χ4n) is 4.77. The van der Waals surface area contributed by atoms with Crippen molar-refractivity contribution in [3.8, 4) is 0 Å². The van der Waals surface area contributed by atoms with Gasteiger partial charge in [-0.1, -0.05) is 30.3 Å². The van der Waals surface area contributed by atoms with E-state index in [1.807, 2.05) is 48.5 Å². The van der Waals surface area contributed by atoms with Crippen LogP contribution in [0.25, 0.3) is 10.9 Å². The van der Waals surface area contributed by atoms with Gasteiger partial charge in [0, 0.05) is 48.3 Å². The van der Waals surface area contributed by atoms with E-state index in [4.69, 9.17) is 0 Å². The molecule has 1 aliphatic carbocycles. The molecule has 0 spiro atoms. The number of hydrogen-bond acceptors (Lipinski definition) is 3. The normalized spacial score (nSPS) is 17.6. The van der Waals surface area contributed by atoms with Crippen molar-refractivity contribution in [3.05, 3.63) is 70.9 Å². The molecule has 6 nitrogen and oxygen atoms in total. The fourth-order valence-corrected chi connectivity index (χ4v) is 6.28. The van der Waals surface area contributed by atoms with Crippen LogP contribution in [0.15, 0.2) is 48.5 Å². The van der Waals surface area contributed by atoms with Crippen molar-refractivity contribution in [2.24, 2.45) is 0 Å². The molecule has 2 aliphatic rings. The molecule has 0 saturated carbocycles. The SMILES string of the molecule is O=C(c1ccc2[nH]c3c(c2c1)CCCC3)N1CCN(S(=O)(=O)Cc2ccccc2)CC1. The van der Waals surface area contributed by atoms with Crippen LogP contribution in [0, 0.1) is 0 Å². The molecule has 1 amide bonds. The van der Waals surface area contributed by atoms with Crippen LogP contribution in [0.2, 0.25) is 0 Å². The lowest BCUT2D eigenvalue weighted by molar-refractivity contribution is 0.0698. The molecule has 31 heavy (non-hydrogen) atoms. The lowest BCUT2D eigenvalue weighted by Gasteiger charge is -2.34. The molecule has 0 unspecified atom stereocenters. The number of fused-ring (bicyclic) bond motifs is 3. The van der Waals surface area contributed by atoms with Gasteiger partial charge < -0.3 is 9.88 Å². The molecule has 1 N–H and O–H groups in total. The summed E-state index contributed by atoms with van der Waals surface area (Å²) in [5.74, 6) is -0.0235. The van der Waals surface area contributed by atoms with Gasteiger partial charge >= 0.3 is 0 Å². The minimum absolute atomic E-state index is 0.00292. The first kappa shape index (κ1) is 20.3. The third-order valence-electron chi connectivity index (χ3n) is 6.46. The number of carbonyl (C=O) groups is 1. The number of hydrogen-bond donors (Lipinski definition) is 1. The quantitative estimate of drug-likeness (QED) is 0.680. The first-order valence-electron chi connectivity index (χ1n) is 11.0. The number of rotatable bonds is 4. The molecular weight excluding hydrogens is 410 g/mol. The van der Waals surface area contributed by atoms with Gasteiger partial charge in [0.1, 0.15) is 0 Å². The van der Waals surface area contributed by atoms with E-state index < -0.39 is 10.0 Å². The van der Waals surface area contributed by atoms with E-state index in [1.54, 1.807) is 4.90 Å². The largest absolute Gasteiger partial charge is 0.358 e. The first-order chi connectivity index (χ1) is 15.0. The van der Waals surface area contributed by atoms with Crippen LogP contribution in [0.5, 0.6) is 0 Å².